The predicted molar refractivity (Wildman–Crippen MR) is 64.3 cm³/mol. The number of amides is 2. The van der Waals surface area contributed by atoms with Gasteiger partial charge in [-0.2, -0.15) is 0 Å². The number of hydrogen-bond acceptors (Lipinski definition) is 3. The van der Waals surface area contributed by atoms with Crippen LogP contribution in [-0.4, -0.2) is 12.0 Å². The van der Waals surface area contributed by atoms with E-state index in [1.54, 1.807) is 24.3 Å². The van der Waals surface area contributed by atoms with Gasteiger partial charge < -0.3 is 15.8 Å². The van der Waals surface area contributed by atoms with Crippen molar-refractivity contribution in [3.63, 3.8) is 0 Å². The van der Waals surface area contributed by atoms with Crippen LogP contribution >= 0.6 is 0 Å². The third kappa shape index (κ3) is 4.55. The molecule has 17 heavy (non-hydrogen) atoms. The standard InChI is InChI=1S/C12H16N2O3/c1-8(2)11(15)14-10-5-3-9(4-6-10)7-17-12(13)16/h3-6,8H,7H2,1-2H3,(H2,13,16)(H,14,15). The minimum atomic E-state index is -0.804. The molecule has 0 fully saturated rings. The predicted octanol–water partition coefficient (Wildman–Crippen LogP) is 1.88. The summed E-state index contributed by atoms with van der Waals surface area (Å²) in [7, 11) is 0. The van der Waals surface area contributed by atoms with Crippen molar-refractivity contribution in [3.05, 3.63) is 29.8 Å². The van der Waals surface area contributed by atoms with Crippen molar-refractivity contribution in [2.45, 2.75) is 20.5 Å². The average Bonchev–Trinajstić information content (AvgIpc) is 2.28. The van der Waals surface area contributed by atoms with Gasteiger partial charge >= 0.3 is 6.09 Å². The van der Waals surface area contributed by atoms with Gasteiger partial charge in [0.15, 0.2) is 0 Å². The highest BCUT2D eigenvalue weighted by molar-refractivity contribution is 5.92. The van der Waals surface area contributed by atoms with Crippen molar-refractivity contribution in [2.75, 3.05) is 5.32 Å². The van der Waals surface area contributed by atoms with Gasteiger partial charge in [-0.3, -0.25) is 4.79 Å². The molecule has 5 heteroatoms. The zero-order chi connectivity index (χ0) is 12.8. The Morgan fingerprint density at radius 3 is 2.35 bits per heavy atom. The lowest BCUT2D eigenvalue weighted by Gasteiger charge is -2.08. The van der Waals surface area contributed by atoms with Gasteiger partial charge in [-0.15, -0.1) is 0 Å². The van der Waals surface area contributed by atoms with Crippen LogP contribution in [0.15, 0.2) is 24.3 Å². The second-order valence-electron chi connectivity index (χ2n) is 3.95. The van der Waals surface area contributed by atoms with Crippen molar-refractivity contribution >= 4 is 17.7 Å². The quantitative estimate of drug-likeness (QED) is 0.837. The second-order valence-corrected chi connectivity index (χ2v) is 3.95. The third-order valence-corrected chi connectivity index (χ3v) is 2.13. The van der Waals surface area contributed by atoms with Crippen molar-refractivity contribution in [1.29, 1.82) is 0 Å². The molecule has 0 bridgehead atoms. The number of carbonyl (C=O) groups excluding carboxylic acids is 2. The largest absolute Gasteiger partial charge is 0.445 e. The van der Waals surface area contributed by atoms with Crippen molar-refractivity contribution < 1.29 is 14.3 Å². The first kappa shape index (κ1) is 13.0. The highest BCUT2D eigenvalue weighted by Crippen LogP contribution is 2.11. The Balaban J connectivity index is 2.56. The van der Waals surface area contributed by atoms with E-state index in [0.717, 1.165) is 5.56 Å². The molecule has 1 aromatic rings. The average molecular weight is 236 g/mol. The molecule has 0 aliphatic carbocycles. The highest BCUT2D eigenvalue weighted by atomic mass is 16.5. The Kier molecular flexibility index (Phi) is 4.51. The Morgan fingerprint density at radius 1 is 1.29 bits per heavy atom. The van der Waals surface area contributed by atoms with Gasteiger partial charge in [0.2, 0.25) is 5.91 Å². The maximum Gasteiger partial charge on any atom is 0.404 e. The maximum atomic E-state index is 11.4. The molecule has 0 saturated carbocycles. The van der Waals surface area contributed by atoms with E-state index in [1.165, 1.54) is 0 Å². The van der Waals surface area contributed by atoms with Crippen LogP contribution in [0.1, 0.15) is 19.4 Å². The number of nitrogens with two attached hydrogens (primary N) is 1. The lowest BCUT2D eigenvalue weighted by atomic mass is 10.2. The number of ether oxygens (including phenoxy) is 1. The van der Waals surface area contributed by atoms with Gasteiger partial charge in [0.1, 0.15) is 6.61 Å². The molecule has 0 aromatic heterocycles. The van der Waals surface area contributed by atoms with Crippen LogP contribution in [0.4, 0.5) is 10.5 Å². The molecule has 2 amide bonds. The molecule has 0 unspecified atom stereocenters. The molecule has 0 saturated heterocycles. The normalized spacial score (nSPS) is 10.1. The molecule has 0 aliphatic rings. The fraction of sp³-hybridized carbons (Fsp3) is 0.333. The van der Waals surface area contributed by atoms with E-state index in [4.69, 9.17) is 5.73 Å². The first-order valence-corrected chi connectivity index (χ1v) is 5.31. The fourth-order valence-electron chi connectivity index (χ4n) is 1.13. The van der Waals surface area contributed by atoms with Crippen LogP contribution in [0.5, 0.6) is 0 Å². The third-order valence-electron chi connectivity index (χ3n) is 2.13. The van der Waals surface area contributed by atoms with Crippen LogP contribution in [0, 0.1) is 5.92 Å². The second kappa shape index (κ2) is 5.89. The van der Waals surface area contributed by atoms with Gasteiger partial charge in [-0.05, 0) is 17.7 Å². The Labute approximate surface area is 99.9 Å². The Morgan fingerprint density at radius 2 is 1.88 bits per heavy atom. The number of nitrogens with one attached hydrogen (secondary N) is 1. The zero-order valence-electron chi connectivity index (χ0n) is 9.90. The number of benzene rings is 1. The molecule has 1 rings (SSSR count). The van der Waals surface area contributed by atoms with Crippen molar-refractivity contribution in [2.24, 2.45) is 11.7 Å². The van der Waals surface area contributed by atoms with E-state index >= 15 is 0 Å². The molecule has 3 N–H and O–H groups in total. The van der Waals surface area contributed by atoms with Crippen LogP contribution < -0.4 is 11.1 Å². The molecule has 5 nitrogen and oxygen atoms in total. The van der Waals surface area contributed by atoms with E-state index in [-0.39, 0.29) is 18.4 Å². The minimum Gasteiger partial charge on any atom is -0.445 e. The molecule has 0 spiro atoms. The molecule has 0 atom stereocenters. The summed E-state index contributed by atoms with van der Waals surface area (Å²) >= 11 is 0. The lowest BCUT2D eigenvalue weighted by Crippen LogP contribution is -2.17. The van der Waals surface area contributed by atoms with Gasteiger partial charge in [-0.25, -0.2) is 4.79 Å². The minimum absolute atomic E-state index is 0.0360. The highest BCUT2D eigenvalue weighted by Gasteiger charge is 2.06. The van der Waals surface area contributed by atoms with Gasteiger partial charge in [0, 0.05) is 11.6 Å². The van der Waals surface area contributed by atoms with Gasteiger partial charge in [0.25, 0.3) is 0 Å². The van der Waals surface area contributed by atoms with Crippen LogP contribution in [0.3, 0.4) is 0 Å². The van der Waals surface area contributed by atoms with E-state index in [0.29, 0.717) is 5.69 Å². The maximum absolute atomic E-state index is 11.4. The first-order chi connectivity index (χ1) is 7.99. The summed E-state index contributed by atoms with van der Waals surface area (Å²) in [4.78, 5) is 21.8. The molecular weight excluding hydrogens is 220 g/mol. The summed E-state index contributed by atoms with van der Waals surface area (Å²) < 4.78 is 4.64. The van der Waals surface area contributed by atoms with Crippen molar-refractivity contribution in [1.82, 2.24) is 0 Å². The molecule has 0 radical (unpaired) electrons. The van der Waals surface area contributed by atoms with E-state index in [9.17, 15) is 9.59 Å². The molecule has 0 heterocycles. The summed E-state index contributed by atoms with van der Waals surface area (Å²) in [5.41, 5.74) is 6.38. The lowest BCUT2D eigenvalue weighted by molar-refractivity contribution is -0.118. The topological polar surface area (TPSA) is 81.4 Å². The summed E-state index contributed by atoms with van der Waals surface area (Å²) in [6.45, 7) is 3.78. The monoisotopic (exact) mass is 236 g/mol. The Bertz CT molecular complexity index is 399. The van der Waals surface area contributed by atoms with Crippen LogP contribution in [0.2, 0.25) is 0 Å². The van der Waals surface area contributed by atoms with E-state index < -0.39 is 6.09 Å². The zero-order valence-corrected chi connectivity index (χ0v) is 9.90. The Hall–Kier alpha value is -2.04. The SMILES string of the molecule is CC(C)C(=O)Nc1ccc(COC(N)=O)cc1. The molecule has 1 aromatic carbocycles. The summed E-state index contributed by atoms with van der Waals surface area (Å²) in [6.07, 6.45) is -0.804. The molecule has 92 valence electrons. The van der Waals surface area contributed by atoms with Crippen LogP contribution in [0.25, 0.3) is 0 Å². The molecule has 0 aliphatic heterocycles. The number of hydrogen-bond donors (Lipinski definition) is 2. The first-order valence-electron chi connectivity index (χ1n) is 5.31. The smallest absolute Gasteiger partial charge is 0.404 e. The van der Waals surface area contributed by atoms with E-state index in [1.807, 2.05) is 13.8 Å². The van der Waals surface area contributed by atoms with E-state index in [2.05, 4.69) is 10.1 Å². The van der Waals surface area contributed by atoms with Crippen LogP contribution in [-0.2, 0) is 16.1 Å². The van der Waals surface area contributed by atoms with Gasteiger partial charge in [0.05, 0.1) is 0 Å². The van der Waals surface area contributed by atoms with Gasteiger partial charge in [-0.1, -0.05) is 26.0 Å². The number of rotatable bonds is 4. The number of anilines is 1. The van der Waals surface area contributed by atoms with Crippen molar-refractivity contribution in [3.8, 4) is 0 Å². The molecular formula is C12H16N2O3. The summed E-state index contributed by atoms with van der Waals surface area (Å²) in [5, 5.41) is 2.76. The summed E-state index contributed by atoms with van der Waals surface area (Å²) in [6, 6.07) is 7.03. The summed E-state index contributed by atoms with van der Waals surface area (Å²) in [5.74, 6) is -0.0981. The number of carbonyl (C=O) groups is 2. The fourth-order valence-corrected chi connectivity index (χ4v) is 1.13. The number of primary amides is 1.